The number of nitrogens with one attached hydrogen (secondary N) is 2. The Balaban J connectivity index is 2.58. The molecular formula is C15H27N3O2S. The molecule has 0 aromatic heterocycles. The topological polar surface area (TPSA) is 61.4 Å². The summed E-state index contributed by atoms with van der Waals surface area (Å²) in [5.41, 5.74) is 0.936. The third-order valence-electron chi connectivity index (χ3n) is 3.21. The maximum Gasteiger partial charge on any atom is 0.240 e. The Morgan fingerprint density at radius 3 is 2.14 bits per heavy atom. The largest absolute Gasteiger partial charge is 0.384 e. The second kappa shape index (κ2) is 8.36. The van der Waals surface area contributed by atoms with Crippen molar-refractivity contribution in [3.05, 3.63) is 24.3 Å². The van der Waals surface area contributed by atoms with E-state index in [9.17, 15) is 8.42 Å². The molecule has 0 heterocycles. The molecule has 1 rings (SSSR count). The second-order valence-electron chi connectivity index (χ2n) is 5.25. The molecule has 0 amide bonds. The quantitative estimate of drug-likeness (QED) is 0.733. The number of hydrogen-bond donors (Lipinski definition) is 2. The molecule has 0 spiro atoms. The first-order chi connectivity index (χ1) is 9.89. The van der Waals surface area contributed by atoms with Gasteiger partial charge in [0.2, 0.25) is 10.0 Å². The average molecular weight is 313 g/mol. The zero-order valence-corrected chi connectivity index (χ0v) is 14.2. The highest BCUT2D eigenvalue weighted by Crippen LogP contribution is 2.14. The van der Waals surface area contributed by atoms with Gasteiger partial charge in [-0.3, -0.25) is 0 Å². The molecule has 0 saturated carbocycles. The van der Waals surface area contributed by atoms with E-state index < -0.39 is 10.0 Å². The molecule has 0 fully saturated rings. The molecule has 0 radical (unpaired) electrons. The fourth-order valence-electron chi connectivity index (χ4n) is 2.03. The molecular weight excluding hydrogens is 286 g/mol. The van der Waals surface area contributed by atoms with E-state index in [1.54, 1.807) is 38.1 Å². The molecule has 21 heavy (non-hydrogen) atoms. The Hall–Kier alpha value is -1.11. The van der Waals surface area contributed by atoms with Gasteiger partial charge in [0.15, 0.2) is 0 Å². The lowest BCUT2D eigenvalue weighted by Crippen LogP contribution is -2.30. The van der Waals surface area contributed by atoms with Crippen molar-refractivity contribution in [2.45, 2.75) is 38.6 Å². The maximum absolute atomic E-state index is 12.0. The van der Waals surface area contributed by atoms with Crippen molar-refractivity contribution in [1.29, 1.82) is 0 Å². The molecule has 6 heteroatoms. The first-order valence-electron chi connectivity index (χ1n) is 7.47. The number of rotatable bonds is 9. The zero-order chi connectivity index (χ0) is 15.9. The monoisotopic (exact) mass is 313 g/mol. The molecule has 2 N–H and O–H groups in total. The summed E-state index contributed by atoms with van der Waals surface area (Å²) >= 11 is 0. The van der Waals surface area contributed by atoms with Crippen LogP contribution in [0.5, 0.6) is 0 Å². The van der Waals surface area contributed by atoms with Gasteiger partial charge in [-0.1, -0.05) is 13.8 Å². The molecule has 0 unspecified atom stereocenters. The molecule has 0 aliphatic rings. The number of nitrogens with zero attached hydrogens (tertiary/aromatic N) is 1. The van der Waals surface area contributed by atoms with Crippen molar-refractivity contribution in [2.75, 3.05) is 31.5 Å². The van der Waals surface area contributed by atoms with Gasteiger partial charge >= 0.3 is 0 Å². The Labute approximate surface area is 128 Å². The van der Waals surface area contributed by atoms with E-state index in [2.05, 4.69) is 28.8 Å². The predicted molar refractivity (Wildman–Crippen MR) is 88.2 cm³/mol. The minimum absolute atomic E-state index is 0.109. The van der Waals surface area contributed by atoms with E-state index in [-0.39, 0.29) is 6.04 Å². The van der Waals surface area contributed by atoms with Gasteiger partial charge in [-0.15, -0.1) is 0 Å². The highest BCUT2D eigenvalue weighted by Gasteiger charge is 2.14. The van der Waals surface area contributed by atoms with Crippen LogP contribution >= 0.6 is 0 Å². The van der Waals surface area contributed by atoms with Gasteiger partial charge in [0.05, 0.1) is 4.90 Å². The van der Waals surface area contributed by atoms with Crippen molar-refractivity contribution in [3.8, 4) is 0 Å². The van der Waals surface area contributed by atoms with Crippen LogP contribution in [-0.2, 0) is 10.0 Å². The Bertz CT molecular complexity index is 508. The maximum atomic E-state index is 12.0. The van der Waals surface area contributed by atoms with Gasteiger partial charge < -0.3 is 10.2 Å². The third kappa shape index (κ3) is 6.03. The second-order valence-corrected chi connectivity index (χ2v) is 6.97. The van der Waals surface area contributed by atoms with Crippen molar-refractivity contribution in [3.63, 3.8) is 0 Å². The van der Waals surface area contributed by atoms with Gasteiger partial charge in [-0.25, -0.2) is 13.1 Å². The summed E-state index contributed by atoms with van der Waals surface area (Å²) in [6.07, 6.45) is 0. The van der Waals surface area contributed by atoms with Crippen molar-refractivity contribution < 1.29 is 8.42 Å². The predicted octanol–water partition coefficient (Wildman–Crippen LogP) is 2.13. The van der Waals surface area contributed by atoms with Crippen LogP contribution in [0.15, 0.2) is 29.2 Å². The van der Waals surface area contributed by atoms with Crippen LogP contribution in [0.25, 0.3) is 0 Å². The standard InChI is InChI=1S/C15H27N3O2S/c1-5-18(6-2)12-11-16-14-7-9-15(10-8-14)21(19,20)17-13(3)4/h7-10,13,16-17H,5-6,11-12H2,1-4H3. The van der Waals surface area contributed by atoms with E-state index in [1.165, 1.54) is 0 Å². The van der Waals surface area contributed by atoms with E-state index in [0.717, 1.165) is 31.9 Å². The van der Waals surface area contributed by atoms with Crippen LogP contribution < -0.4 is 10.0 Å². The lowest BCUT2D eigenvalue weighted by atomic mass is 10.3. The summed E-state index contributed by atoms with van der Waals surface area (Å²) in [7, 11) is -3.40. The first-order valence-corrected chi connectivity index (χ1v) is 8.96. The minimum atomic E-state index is -3.40. The lowest BCUT2D eigenvalue weighted by Gasteiger charge is -2.18. The number of benzene rings is 1. The van der Waals surface area contributed by atoms with Crippen LogP contribution in [-0.4, -0.2) is 45.5 Å². The van der Waals surface area contributed by atoms with Crippen LogP contribution in [0.3, 0.4) is 0 Å². The van der Waals surface area contributed by atoms with E-state index in [4.69, 9.17) is 0 Å². The van der Waals surface area contributed by atoms with E-state index >= 15 is 0 Å². The van der Waals surface area contributed by atoms with Crippen LogP contribution in [0.1, 0.15) is 27.7 Å². The minimum Gasteiger partial charge on any atom is -0.384 e. The van der Waals surface area contributed by atoms with Crippen molar-refractivity contribution >= 4 is 15.7 Å². The Morgan fingerprint density at radius 2 is 1.67 bits per heavy atom. The highest BCUT2D eigenvalue weighted by molar-refractivity contribution is 7.89. The number of sulfonamides is 1. The molecule has 0 atom stereocenters. The van der Waals surface area contributed by atoms with Crippen molar-refractivity contribution in [1.82, 2.24) is 9.62 Å². The fourth-order valence-corrected chi connectivity index (χ4v) is 3.28. The molecule has 0 aliphatic carbocycles. The van der Waals surface area contributed by atoms with Crippen molar-refractivity contribution in [2.24, 2.45) is 0 Å². The Morgan fingerprint density at radius 1 is 1.10 bits per heavy atom. The lowest BCUT2D eigenvalue weighted by molar-refractivity contribution is 0.316. The molecule has 1 aromatic carbocycles. The highest BCUT2D eigenvalue weighted by atomic mass is 32.2. The normalized spacial score (nSPS) is 12.1. The third-order valence-corrected chi connectivity index (χ3v) is 4.88. The zero-order valence-electron chi connectivity index (χ0n) is 13.4. The summed E-state index contributed by atoms with van der Waals surface area (Å²) in [5, 5.41) is 3.31. The van der Waals surface area contributed by atoms with E-state index in [0.29, 0.717) is 4.90 Å². The summed E-state index contributed by atoms with van der Waals surface area (Å²) in [4.78, 5) is 2.63. The molecule has 0 bridgehead atoms. The van der Waals surface area contributed by atoms with Crippen LogP contribution in [0.2, 0.25) is 0 Å². The first kappa shape index (κ1) is 17.9. The molecule has 5 nitrogen and oxygen atoms in total. The number of likely N-dealkylation sites (N-methyl/N-ethyl adjacent to an activating group) is 1. The molecule has 120 valence electrons. The number of hydrogen-bond acceptors (Lipinski definition) is 4. The molecule has 0 saturated heterocycles. The van der Waals surface area contributed by atoms with Gasteiger partial charge in [0.1, 0.15) is 0 Å². The fraction of sp³-hybridized carbons (Fsp3) is 0.600. The molecule has 1 aromatic rings. The summed E-state index contributed by atoms with van der Waals surface area (Å²) < 4.78 is 26.6. The van der Waals surface area contributed by atoms with Gasteiger partial charge in [0.25, 0.3) is 0 Å². The molecule has 0 aliphatic heterocycles. The van der Waals surface area contributed by atoms with Gasteiger partial charge in [-0.05, 0) is 51.2 Å². The smallest absolute Gasteiger partial charge is 0.240 e. The van der Waals surface area contributed by atoms with Crippen LogP contribution in [0.4, 0.5) is 5.69 Å². The van der Waals surface area contributed by atoms with E-state index in [1.807, 2.05) is 0 Å². The Kier molecular flexibility index (Phi) is 7.14. The average Bonchev–Trinajstić information content (AvgIpc) is 2.43. The summed E-state index contributed by atoms with van der Waals surface area (Å²) in [6, 6.07) is 6.75. The van der Waals surface area contributed by atoms with Gasteiger partial charge in [0, 0.05) is 24.8 Å². The summed E-state index contributed by atoms with van der Waals surface area (Å²) in [5.74, 6) is 0. The van der Waals surface area contributed by atoms with Crippen LogP contribution in [0, 0.1) is 0 Å². The van der Waals surface area contributed by atoms with Gasteiger partial charge in [-0.2, -0.15) is 0 Å². The number of anilines is 1. The summed E-state index contributed by atoms with van der Waals surface area (Å²) in [6.45, 7) is 11.8. The SMILES string of the molecule is CCN(CC)CCNc1ccc(S(=O)(=O)NC(C)C)cc1.